The summed E-state index contributed by atoms with van der Waals surface area (Å²) in [7, 11) is 0. The topological polar surface area (TPSA) is 68.8 Å². The molecule has 0 bridgehead atoms. The van der Waals surface area contributed by atoms with Gasteiger partial charge in [0.1, 0.15) is 0 Å². The van der Waals surface area contributed by atoms with Crippen LogP contribution in [0.2, 0.25) is 0 Å². The predicted octanol–water partition coefficient (Wildman–Crippen LogP) is -0.0176. The number of nitrogens with zero attached hydrogens (tertiary/aromatic N) is 3. The van der Waals surface area contributed by atoms with Gasteiger partial charge < -0.3 is 11.1 Å². The molecule has 0 aliphatic heterocycles. The summed E-state index contributed by atoms with van der Waals surface area (Å²) in [6, 6.07) is 0. The first-order valence-electron chi connectivity index (χ1n) is 5.02. The van der Waals surface area contributed by atoms with E-state index in [1.165, 1.54) is 0 Å². The molecule has 0 atom stereocenters. The Morgan fingerprint density at radius 1 is 1.57 bits per heavy atom. The summed E-state index contributed by atoms with van der Waals surface area (Å²) in [6.45, 7) is 7.47. The van der Waals surface area contributed by atoms with Crippen molar-refractivity contribution in [1.82, 2.24) is 20.3 Å². The van der Waals surface area contributed by atoms with E-state index in [2.05, 4.69) is 29.5 Å². The van der Waals surface area contributed by atoms with Gasteiger partial charge in [0.05, 0.1) is 12.2 Å². The van der Waals surface area contributed by atoms with E-state index >= 15 is 0 Å². The number of nitrogens with one attached hydrogen (secondary N) is 1. The summed E-state index contributed by atoms with van der Waals surface area (Å²) in [4.78, 5) is 0. The van der Waals surface area contributed by atoms with E-state index in [9.17, 15) is 0 Å². The van der Waals surface area contributed by atoms with Gasteiger partial charge >= 0.3 is 0 Å². The molecule has 0 saturated carbocycles. The van der Waals surface area contributed by atoms with Gasteiger partial charge in [-0.25, -0.2) is 0 Å². The van der Waals surface area contributed by atoms with Crippen LogP contribution in [0.5, 0.6) is 0 Å². The number of nitrogens with two attached hydrogens (primary N) is 1. The molecule has 0 spiro atoms. The predicted molar refractivity (Wildman–Crippen MR) is 55.6 cm³/mol. The molecular weight excluding hydrogens is 178 g/mol. The number of aromatic nitrogens is 3. The fraction of sp³-hybridized carbons (Fsp3) is 0.778. The SMILES string of the molecule is CC(C)CNCc1cn(CCN)nn1. The molecule has 0 aliphatic carbocycles. The summed E-state index contributed by atoms with van der Waals surface area (Å²) >= 11 is 0. The van der Waals surface area contributed by atoms with Crippen LogP contribution in [0.1, 0.15) is 19.5 Å². The molecule has 0 fully saturated rings. The first-order valence-corrected chi connectivity index (χ1v) is 5.02. The van der Waals surface area contributed by atoms with Gasteiger partial charge in [0.2, 0.25) is 0 Å². The Morgan fingerprint density at radius 3 is 3.00 bits per heavy atom. The third-order valence-corrected chi connectivity index (χ3v) is 1.80. The number of hydrogen-bond donors (Lipinski definition) is 2. The highest BCUT2D eigenvalue weighted by atomic mass is 15.4. The van der Waals surface area contributed by atoms with Crippen molar-refractivity contribution in [3.05, 3.63) is 11.9 Å². The Hall–Kier alpha value is -0.940. The average molecular weight is 197 g/mol. The lowest BCUT2D eigenvalue weighted by Crippen LogP contribution is -2.19. The standard InChI is InChI=1S/C9H19N5/c1-8(2)5-11-6-9-7-14(4-3-10)13-12-9/h7-8,11H,3-6,10H2,1-2H3. The molecule has 80 valence electrons. The minimum Gasteiger partial charge on any atom is -0.329 e. The summed E-state index contributed by atoms with van der Waals surface area (Å²) in [5.41, 5.74) is 6.38. The minimum atomic E-state index is 0.599. The van der Waals surface area contributed by atoms with Crippen LogP contribution in [0, 0.1) is 5.92 Å². The van der Waals surface area contributed by atoms with Crippen LogP contribution in [0.3, 0.4) is 0 Å². The van der Waals surface area contributed by atoms with E-state index < -0.39 is 0 Å². The van der Waals surface area contributed by atoms with Crippen molar-refractivity contribution in [2.24, 2.45) is 11.7 Å². The minimum absolute atomic E-state index is 0.599. The largest absolute Gasteiger partial charge is 0.329 e. The zero-order chi connectivity index (χ0) is 10.4. The Bertz CT molecular complexity index is 255. The third kappa shape index (κ3) is 3.85. The second-order valence-electron chi connectivity index (χ2n) is 3.79. The molecule has 5 nitrogen and oxygen atoms in total. The lowest BCUT2D eigenvalue weighted by molar-refractivity contribution is 0.547. The van der Waals surface area contributed by atoms with Crippen molar-refractivity contribution in [1.29, 1.82) is 0 Å². The third-order valence-electron chi connectivity index (χ3n) is 1.80. The van der Waals surface area contributed by atoms with Crippen LogP contribution >= 0.6 is 0 Å². The van der Waals surface area contributed by atoms with Gasteiger partial charge in [0.15, 0.2) is 0 Å². The maximum Gasteiger partial charge on any atom is 0.0964 e. The van der Waals surface area contributed by atoms with Gasteiger partial charge in [-0.1, -0.05) is 19.1 Å². The van der Waals surface area contributed by atoms with E-state index in [1.807, 2.05) is 6.20 Å². The molecule has 1 heterocycles. The lowest BCUT2D eigenvalue weighted by Gasteiger charge is -2.04. The molecular formula is C9H19N5. The fourth-order valence-corrected chi connectivity index (χ4v) is 1.15. The zero-order valence-electron chi connectivity index (χ0n) is 8.90. The van der Waals surface area contributed by atoms with Crippen molar-refractivity contribution >= 4 is 0 Å². The first-order chi connectivity index (χ1) is 6.72. The Labute approximate surface area is 84.7 Å². The zero-order valence-corrected chi connectivity index (χ0v) is 8.90. The second kappa shape index (κ2) is 5.72. The molecule has 0 unspecified atom stereocenters. The van der Waals surface area contributed by atoms with Crippen molar-refractivity contribution in [3.63, 3.8) is 0 Å². The van der Waals surface area contributed by atoms with Gasteiger partial charge in [-0.15, -0.1) is 5.10 Å². The van der Waals surface area contributed by atoms with Crippen LogP contribution in [-0.2, 0) is 13.1 Å². The van der Waals surface area contributed by atoms with E-state index in [4.69, 9.17) is 5.73 Å². The van der Waals surface area contributed by atoms with Crippen molar-refractivity contribution in [2.75, 3.05) is 13.1 Å². The summed E-state index contributed by atoms with van der Waals surface area (Å²) in [5, 5.41) is 11.3. The average Bonchev–Trinajstić information content (AvgIpc) is 2.53. The highest BCUT2D eigenvalue weighted by Crippen LogP contribution is 1.93. The normalized spacial score (nSPS) is 11.1. The molecule has 0 aromatic carbocycles. The number of hydrogen-bond acceptors (Lipinski definition) is 4. The summed E-state index contributed by atoms with van der Waals surface area (Å²) in [6.07, 6.45) is 1.93. The van der Waals surface area contributed by atoms with E-state index in [0.717, 1.165) is 25.3 Å². The van der Waals surface area contributed by atoms with Gasteiger partial charge in [0.25, 0.3) is 0 Å². The smallest absolute Gasteiger partial charge is 0.0964 e. The molecule has 5 heteroatoms. The van der Waals surface area contributed by atoms with Crippen LogP contribution in [0.4, 0.5) is 0 Å². The highest BCUT2D eigenvalue weighted by Gasteiger charge is 1.99. The Morgan fingerprint density at radius 2 is 2.36 bits per heavy atom. The molecule has 0 radical (unpaired) electrons. The van der Waals surface area contributed by atoms with Crippen LogP contribution < -0.4 is 11.1 Å². The second-order valence-corrected chi connectivity index (χ2v) is 3.79. The monoisotopic (exact) mass is 197 g/mol. The molecule has 1 rings (SSSR count). The van der Waals surface area contributed by atoms with Crippen LogP contribution in [-0.4, -0.2) is 28.1 Å². The maximum absolute atomic E-state index is 5.41. The van der Waals surface area contributed by atoms with E-state index in [1.54, 1.807) is 4.68 Å². The van der Waals surface area contributed by atoms with Gasteiger partial charge in [0, 0.05) is 19.3 Å². The van der Waals surface area contributed by atoms with Crippen molar-refractivity contribution in [3.8, 4) is 0 Å². The number of rotatable bonds is 6. The first kappa shape index (κ1) is 11.1. The lowest BCUT2D eigenvalue weighted by atomic mass is 10.2. The molecule has 14 heavy (non-hydrogen) atoms. The molecule has 0 aliphatic rings. The maximum atomic E-state index is 5.41. The molecule has 0 amide bonds. The van der Waals surface area contributed by atoms with Gasteiger partial charge in [-0.2, -0.15) is 0 Å². The van der Waals surface area contributed by atoms with Crippen molar-refractivity contribution < 1.29 is 0 Å². The van der Waals surface area contributed by atoms with E-state index in [0.29, 0.717) is 12.5 Å². The molecule has 3 N–H and O–H groups in total. The fourth-order valence-electron chi connectivity index (χ4n) is 1.15. The van der Waals surface area contributed by atoms with Gasteiger partial charge in [-0.05, 0) is 12.5 Å². The van der Waals surface area contributed by atoms with Gasteiger partial charge in [-0.3, -0.25) is 4.68 Å². The summed E-state index contributed by atoms with van der Waals surface area (Å²) < 4.78 is 1.77. The molecule has 1 aromatic rings. The van der Waals surface area contributed by atoms with Crippen LogP contribution in [0.25, 0.3) is 0 Å². The Kier molecular flexibility index (Phi) is 4.55. The molecule has 1 aromatic heterocycles. The summed E-state index contributed by atoms with van der Waals surface area (Å²) in [5.74, 6) is 0.661. The van der Waals surface area contributed by atoms with Crippen LogP contribution in [0.15, 0.2) is 6.20 Å². The van der Waals surface area contributed by atoms with Crippen molar-refractivity contribution in [2.45, 2.75) is 26.9 Å². The highest BCUT2D eigenvalue weighted by molar-refractivity contribution is 4.91. The van der Waals surface area contributed by atoms with E-state index in [-0.39, 0.29) is 0 Å². The quantitative estimate of drug-likeness (QED) is 0.672. The molecule has 0 saturated heterocycles. The Balaban J connectivity index is 2.28.